The highest BCUT2D eigenvalue weighted by Crippen LogP contribution is 2.12. The maximum absolute atomic E-state index is 9.75. The van der Waals surface area contributed by atoms with Gasteiger partial charge in [0.05, 0.1) is 6.10 Å². The van der Waals surface area contributed by atoms with Crippen molar-refractivity contribution < 1.29 is 5.11 Å². The fourth-order valence-electron chi connectivity index (χ4n) is 2.07. The molecule has 2 unspecified atom stereocenters. The zero-order valence-corrected chi connectivity index (χ0v) is 10.2. The number of aliphatic hydroxyl groups is 1. The van der Waals surface area contributed by atoms with E-state index in [1.807, 2.05) is 0 Å². The first kappa shape index (κ1) is 12.9. The predicted molar refractivity (Wildman–Crippen MR) is 63.1 cm³/mol. The minimum atomic E-state index is -0.231. The van der Waals surface area contributed by atoms with Crippen LogP contribution in [0.2, 0.25) is 0 Å². The van der Waals surface area contributed by atoms with Gasteiger partial charge in [0.15, 0.2) is 0 Å². The molecule has 0 aliphatic carbocycles. The summed E-state index contributed by atoms with van der Waals surface area (Å²) >= 11 is 0. The van der Waals surface area contributed by atoms with Crippen LogP contribution in [0.3, 0.4) is 0 Å². The van der Waals surface area contributed by atoms with Gasteiger partial charge in [-0.05, 0) is 33.6 Å². The molecule has 2 atom stereocenters. The van der Waals surface area contributed by atoms with Crippen molar-refractivity contribution in [3.63, 3.8) is 0 Å². The van der Waals surface area contributed by atoms with Gasteiger partial charge in [-0.25, -0.2) is 0 Å². The number of rotatable bonds is 6. The van der Waals surface area contributed by atoms with E-state index in [9.17, 15) is 5.11 Å². The van der Waals surface area contributed by atoms with E-state index >= 15 is 0 Å². The first-order chi connectivity index (χ1) is 7.13. The van der Waals surface area contributed by atoms with Crippen molar-refractivity contribution in [1.82, 2.24) is 15.1 Å². The molecule has 90 valence electrons. The molecule has 1 aliphatic heterocycles. The molecule has 1 aliphatic rings. The topological polar surface area (TPSA) is 38.7 Å². The van der Waals surface area contributed by atoms with Crippen LogP contribution in [0.15, 0.2) is 0 Å². The van der Waals surface area contributed by atoms with Gasteiger partial charge in [-0.3, -0.25) is 4.90 Å². The maximum Gasteiger partial charge on any atom is 0.0791 e. The zero-order chi connectivity index (χ0) is 11.3. The van der Waals surface area contributed by atoms with Crippen molar-refractivity contribution in [3.8, 4) is 0 Å². The van der Waals surface area contributed by atoms with Crippen molar-refractivity contribution in [2.75, 3.05) is 46.8 Å². The number of hydrogen-bond acceptors (Lipinski definition) is 4. The van der Waals surface area contributed by atoms with Crippen LogP contribution >= 0.6 is 0 Å². The quantitative estimate of drug-likeness (QED) is 0.632. The Labute approximate surface area is 93.2 Å². The lowest BCUT2D eigenvalue weighted by Crippen LogP contribution is -2.39. The minimum Gasteiger partial charge on any atom is -0.390 e. The molecule has 0 bridgehead atoms. The third-order valence-electron chi connectivity index (χ3n) is 3.08. The monoisotopic (exact) mass is 215 g/mol. The summed E-state index contributed by atoms with van der Waals surface area (Å²) < 4.78 is 0. The maximum atomic E-state index is 9.75. The summed E-state index contributed by atoms with van der Waals surface area (Å²) in [4.78, 5) is 4.63. The lowest BCUT2D eigenvalue weighted by molar-refractivity contribution is 0.120. The van der Waals surface area contributed by atoms with Crippen molar-refractivity contribution in [1.29, 1.82) is 0 Å². The van der Waals surface area contributed by atoms with E-state index in [0.717, 1.165) is 26.2 Å². The number of β-amino-alcohol motifs (C(OH)–C–C–N with tert-alkyl or cyclic N) is 1. The SMILES string of the molecule is CCNCC(O)CN1CCC(N(C)C)C1. The molecule has 0 radical (unpaired) electrons. The molecule has 15 heavy (non-hydrogen) atoms. The Kier molecular flexibility index (Phi) is 5.53. The van der Waals surface area contributed by atoms with Crippen LogP contribution in [-0.4, -0.2) is 73.9 Å². The van der Waals surface area contributed by atoms with Gasteiger partial charge >= 0.3 is 0 Å². The van der Waals surface area contributed by atoms with Gasteiger partial charge in [0.1, 0.15) is 0 Å². The Bertz CT molecular complexity index is 175. The zero-order valence-electron chi connectivity index (χ0n) is 10.2. The van der Waals surface area contributed by atoms with Gasteiger partial charge in [0.2, 0.25) is 0 Å². The molecule has 4 nitrogen and oxygen atoms in total. The van der Waals surface area contributed by atoms with Crippen LogP contribution in [0.4, 0.5) is 0 Å². The molecule has 2 N–H and O–H groups in total. The Morgan fingerprint density at radius 1 is 1.53 bits per heavy atom. The normalized spacial score (nSPS) is 25.0. The Balaban J connectivity index is 2.17. The van der Waals surface area contributed by atoms with E-state index in [0.29, 0.717) is 12.6 Å². The Hall–Kier alpha value is -0.160. The van der Waals surface area contributed by atoms with Crippen LogP contribution in [-0.2, 0) is 0 Å². The van der Waals surface area contributed by atoms with Gasteiger partial charge in [0, 0.05) is 25.7 Å². The van der Waals surface area contributed by atoms with Crippen LogP contribution in [0.1, 0.15) is 13.3 Å². The summed E-state index contributed by atoms with van der Waals surface area (Å²) in [7, 11) is 4.26. The number of aliphatic hydroxyl groups excluding tert-OH is 1. The van der Waals surface area contributed by atoms with Crippen molar-refractivity contribution in [2.45, 2.75) is 25.5 Å². The van der Waals surface area contributed by atoms with E-state index in [2.05, 4.69) is 36.1 Å². The lowest BCUT2D eigenvalue weighted by Gasteiger charge is -2.22. The molecule has 0 saturated carbocycles. The third-order valence-corrected chi connectivity index (χ3v) is 3.08. The summed E-state index contributed by atoms with van der Waals surface area (Å²) in [6, 6.07) is 0.663. The number of likely N-dealkylation sites (tertiary alicyclic amines) is 1. The summed E-state index contributed by atoms with van der Waals surface area (Å²) in [5.74, 6) is 0. The molecule has 1 fully saturated rings. The average Bonchev–Trinajstić information content (AvgIpc) is 2.63. The first-order valence-electron chi connectivity index (χ1n) is 5.91. The van der Waals surface area contributed by atoms with E-state index in [1.165, 1.54) is 6.42 Å². The highest BCUT2D eigenvalue weighted by atomic mass is 16.3. The number of hydrogen-bond donors (Lipinski definition) is 2. The second kappa shape index (κ2) is 6.43. The minimum absolute atomic E-state index is 0.231. The summed E-state index contributed by atoms with van der Waals surface area (Å²) in [6.07, 6.45) is 0.992. The highest BCUT2D eigenvalue weighted by molar-refractivity contribution is 4.82. The van der Waals surface area contributed by atoms with Crippen molar-refractivity contribution in [3.05, 3.63) is 0 Å². The highest BCUT2D eigenvalue weighted by Gasteiger charge is 2.24. The lowest BCUT2D eigenvalue weighted by atomic mass is 10.2. The van der Waals surface area contributed by atoms with Crippen LogP contribution in [0, 0.1) is 0 Å². The summed E-state index contributed by atoms with van der Waals surface area (Å²) in [5.41, 5.74) is 0. The fourth-order valence-corrected chi connectivity index (χ4v) is 2.07. The summed E-state index contributed by atoms with van der Waals surface area (Å²) in [5, 5.41) is 12.9. The fraction of sp³-hybridized carbons (Fsp3) is 1.00. The number of nitrogens with one attached hydrogen (secondary N) is 1. The molecule has 1 saturated heterocycles. The van der Waals surface area contributed by atoms with Crippen LogP contribution in [0.5, 0.6) is 0 Å². The van der Waals surface area contributed by atoms with Gasteiger partial charge in [-0.1, -0.05) is 6.92 Å². The Morgan fingerprint density at radius 3 is 2.80 bits per heavy atom. The molecule has 1 rings (SSSR count). The molecule has 0 aromatic rings. The van der Waals surface area contributed by atoms with Crippen molar-refractivity contribution >= 4 is 0 Å². The van der Waals surface area contributed by atoms with Crippen molar-refractivity contribution in [2.24, 2.45) is 0 Å². The third kappa shape index (κ3) is 4.47. The van der Waals surface area contributed by atoms with E-state index in [4.69, 9.17) is 0 Å². The van der Waals surface area contributed by atoms with Gasteiger partial charge in [-0.15, -0.1) is 0 Å². The smallest absolute Gasteiger partial charge is 0.0791 e. The molecule has 0 aromatic carbocycles. The largest absolute Gasteiger partial charge is 0.390 e. The second-order valence-electron chi connectivity index (χ2n) is 4.63. The average molecular weight is 215 g/mol. The number of likely N-dealkylation sites (N-methyl/N-ethyl adjacent to an activating group) is 2. The van der Waals surface area contributed by atoms with Crippen LogP contribution in [0.25, 0.3) is 0 Å². The molecule has 1 heterocycles. The van der Waals surface area contributed by atoms with E-state index in [1.54, 1.807) is 0 Å². The van der Waals surface area contributed by atoms with E-state index in [-0.39, 0.29) is 6.10 Å². The van der Waals surface area contributed by atoms with Gasteiger partial charge in [-0.2, -0.15) is 0 Å². The van der Waals surface area contributed by atoms with Crippen LogP contribution < -0.4 is 5.32 Å². The molecule has 0 spiro atoms. The first-order valence-corrected chi connectivity index (χ1v) is 5.91. The van der Waals surface area contributed by atoms with Gasteiger partial charge in [0.25, 0.3) is 0 Å². The van der Waals surface area contributed by atoms with Gasteiger partial charge < -0.3 is 15.3 Å². The molecule has 0 aromatic heterocycles. The number of nitrogens with zero attached hydrogens (tertiary/aromatic N) is 2. The molecule has 0 amide bonds. The summed E-state index contributed by atoms with van der Waals surface area (Å²) in [6.45, 7) is 6.71. The standard InChI is InChI=1S/C11H25N3O/c1-4-12-7-11(15)9-14-6-5-10(8-14)13(2)3/h10-12,15H,4-9H2,1-3H3. The Morgan fingerprint density at radius 2 is 2.27 bits per heavy atom. The molecule has 4 heteroatoms. The molecular formula is C11H25N3O. The second-order valence-corrected chi connectivity index (χ2v) is 4.63. The predicted octanol–water partition coefficient (Wildman–Crippen LogP) is -0.407. The van der Waals surface area contributed by atoms with E-state index < -0.39 is 0 Å². The molecular weight excluding hydrogens is 190 g/mol.